The van der Waals surface area contributed by atoms with E-state index in [1.54, 1.807) is 0 Å². The predicted octanol–water partition coefficient (Wildman–Crippen LogP) is 4.39. The highest BCUT2D eigenvalue weighted by Gasteiger charge is 2.25. The van der Waals surface area contributed by atoms with E-state index in [0.717, 1.165) is 45.8 Å². The number of hydrogen-bond donors (Lipinski definition) is 1. The number of nitrogens with one attached hydrogen (secondary N) is 1. The molecule has 1 N–H and O–H groups in total. The lowest BCUT2D eigenvalue weighted by molar-refractivity contribution is 0.0384. The minimum atomic E-state index is 0.461. The van der Waals surface area contributed by atoms with Crippen molar-refractivity contribution < 1.29 is 4.74 Å². The number of nitrogens with zero attached hydrogens (tertiary/aromatic N) is 1. The van der Waals surface area contributed by atoms with Crippen LogP contribution >= 0.6 is 0 Å². The molecule has 0 bridgehead atoms. The fraction of sp³-hybridized carbons (Fsp3) is 0.520. The van der Waals surface area contributed by atoms with Crippen molar-refractivity contribution in [2.24, 2.45) is 0 Å². The van der Waals surface area contributed by atoms with Gasteiger partial charge in [0, 0.05) is 25.7 Å². The zero-order valence-corrected chi connectivity index (χ0v) is 17.4. The molecule has 2 heterocycles. The van der Waals surface area contributed by atoms with Gasteiger partial charge in [-0.3, -0.25) is 4.90 Å². The van der Waals surface area contributed by atoms with Crippen LogP contribution in [0.15, 0.2) is 42.5 Å². The molecule has 2 fully saturated rings. The fourth-order valence-electron chi connectivity index (χ4n) is 4.63. The minimum Gasteiger partial charge on any atom is -0.379 e. The third-order valence-corrected chi connectivity index (χ3v) is 6.49. The standard InChI is InChI=1S/C25H34N2O/c1-19-3-7-22(8-4-19)23-9-11-26-25(18-23)24-17-21(6-5-20(24)2)10-12-27-13-15-28-16-14-27/h3-8,17,23,25-26H,9-16,18H2,1-2H3. The van der Waals surface area contributed by atoms with Crippen molar-refractivity contribution in [3.63, 3.8) is 0 Å². The maximum atomic E-state index is 5.47. The Hall–Kier alpha value is -1.68. The van der Waals surface area contributed by atoms with Crippen molar-refractivity contribution in [2.45, 2.75) is 45.1 Å². The number of ether oxygens (including phenoxy) is 1. The number of benzene rings is 2. The number of morpholine rings is 1. The second-order valence-corrected chi connectivity index (χ2v) is 8.53. The van der Waals surface area contributed by atoms with E-state index in [-0.39, 0.29) is 0 Å². The summed E-state index contributed by atoms with van der Waals surface area (Å²) in [5.74, 6) is 0.656. The van der Waals surface area contributed by atoms with Gasteiger partial charge in [0.1, 0.15) is 0 Å². The molecule has 0 saturated carbocycles. The minimum absolute atomic E-state index is 0.461. The second kappa shape index (κ2) is 9.21. The molecule has 28 heavy (non-hydrogen) atoms. The van der Waals surface area contributed by atoms with Gasteiger partial charge in [0.2, 0.25) is 0 Å². The van der Waals surface area contributed by atoms with Gasteiger partial charge in [-0.15, -0.1) is 0 Å². The number of hydrogen-bond acceptors (Lipinski definition) is 3. The summed E-state index contributed by atoms with van der Waals surface area (Å²) in [6, 6.07) is 16.7. The summed E-state index contributed by atoms with van der Waals surface area (Å²) in [6.07, 6.45) is 3.55. The molecule has 2 aromatic rings. The Bertz CT molecular complexity index is 765. The van der Waals surface area contributed by atoms with E-state index in [2.05, 4.69) is 66.5 Å². The first kappa shape index (κ1) is 19.6. The van der Waals surface area contributed by atoms with Crippen molar-refractivity contribution in [1.82, 2.24) is 10.2 Å². The van der Waals surface area contributed by atoms with Gasteiger partial charge in [0.15, 0.2) is 0 Å². The van der Waals surface area contributed by atoms with Gasteiger partial charge in [-0.2, -0.15) is 0 Å². The summed E-state index contributed by atoms with van der Waals surface area (Å²) >= 11 is 0. The molecule has 2 saturated heterocycles. The first-order chi connectivity index (χ1) is 13.7. The molecule has 0 aliphatic carbocycles. The third-order valence-electron chi connectivity index (χ3n) is 6.49. The van der Waals surface area contributed by atoms with Gasteiger partial charge < -0.3 is 10.1 Å². The SMILES string of the molecule is Cc1ccc(C2CCNC(c3cc(CCN4CCOCC4)ccc3C)C2)cc1. The van der Waals surface area contributed by atoms with Crippen LogP contribution in [0.4, 0.5) is 0 Å². The van der Waals surface area contributed by atoms with Crippen molar-refractivity contribution in [3.8, 4) is 0 Å². The molecule has 2 atom stereocenters. The first-order valence-corrected chi connectivity index (χ1v) is 10.9. The lowest BCUT2D eigenvalue weighted by Gasteiger charge is -2.32. The van der Waals surface area contributed by atoms with E-state index < -0.39 is 0 Å². The largest absolute Gasteiger partial charge is 0.379 e. The van der Waals surface area contributed by atoms with Crippen molar-refractivity contribution in [1.29, 1.82) is 0 Å². The average Bonchev–Trinajstić information content (AvgIpc) is 2.74. The highest BCUT2D eigenvalue weighted by Crippen LogP contribution is 2.35. The molecule has 2 aromatic carbocycles. The fourth-order valence-corrected chi connectivity index (χ4v) is 4.63. The molecule has 2 aliphatic heterocycles. The molecule has 4 rings (SSSR count). The molecule has 0 aromatic heterocycles. The molecule has 2 unspecified atom stereocenters. The highest BCUT2D eigenvalue weighted by atomic mass is 16.5. The lowest BCUT2D eigenvalue weighted by atomic mass is 9.82. The zero-order valence-electron chi connectivity index (χ0n) is 17.4. The second-order valence-electron chi connectivity index (χ2n) is 8.53. The molecule has 3 nitrogen and oxygen atoms in total. The van der Waals surface area contributed by atoms with Crippen LogP contribution in [0, 0.1) is 13.8 Å². The predicted molar refractivity (Wildman–Crippen MR) is 116 cm³/mol. The van der Waals surface area contributed by atoms with E-state index >= 15 is 0 Å². The highest BCUT2D eigenvalue weighted by molar-refractivity contribution is 5.35. The molecule has 0 spiro atoms. The summed E-state index contributed by atoms with van der Waals surface area (Å²) in [7, 11) is 0. The maximum Gasteiger partial charge on any atom is 0.0594 e. The van der Waals surface area contributed by atoms with Crippen molar-refractivity contribution in [2.75, 3.05) is 39.4 Å². The molecule has 0 amide bonds. The van der Waals surface area contributed by atoms with Gasteiger partial charge >= 0.3 is 0 Å². The molecular weight excluding hydrogens is 344 g/mol. The van der Waals surface area contributed by atoms with Gasteiger partial charge in [-0.25, -0.2) is 0 Å². The Morgan fingerprint density at radius 3 is 2.61 bits per heavy atom. The van der Waals surface area contributed by atoms with Crippen LogP contribution in [0.2, 0.25) is 0 Å². The van der Waals surface area contributed by atoms with Crippen LogP contribution in [-0.4, -0.2) is 44.3 Å². The summed E-state index contributed by atoms with van der Waals surface area (Å²) < 4.78 is 5.47. The van der Waals surface area contributed by atoms with E-state index in [1.165, 1.54) is 40.7 Å². The van der Waals surface area contributed by atoms with Crippen molar-refractivity contribution in [3.05, 3.63) is 70.3 Å². The van der Waals surface area contributed by atoms with Crippen LogP contribution < -0.4 is 5.32 Å². The van der Waals surface area contributed by atoms with Gasteiger partial charge in [0.05, 0.1) is 13.2 Å². The smallest absolute Gasteiger partial charge is 0.0594 e. The molecular formula is C25H34N2O. The van der Waals surface area contributed by atoms with Gasteiger partial charge in [-0.05, 0) is 67.8 Å². The Balaban J connectivity index is 1.44. The van der Waals surface area contributed by atoms with Gasteiger partial charge in [0.25, 0.3) is 0 Å². The van der Waals surface area contributed by atoms with E-state index in [0.29, 0.717) is 12.0 Å². The van der Waals surface area contributed by atoms with E-state index in [4.69, 9.17) is 4.74 Å². The number of piperidine rings is 1. The van der Waals surface area contributed by atoms with Crippen molar-refractivity contribution >= 4 is 0 Å². The molecule has 3 heteroatoms. The third kappa shape index (κ3) is 4.83. The van der Waals surface area contributed by atoms with E-state index in [9.17, 15) is 0 Å². The topological polar surface area (TPSA) is 24.5 Å². The van der Waals surface area contributed by atoms with Gasteiger partial charge in [-0.1, -0.05) is 48.0 Å². The quantitative estimate of drug-likeness (QED) is 0.835. The first-order valence-electron chi connectivity index (χ1n) is 10.9. The molecule has 2 aliphatic rings. The number of aryl methyl sites for hydroxylation is 2. The van der Waals surface area contributed by atoms with Crippen LogP contribution in [0.5, 0.6) is 0 Å². The monoisotopic (exact) mass is 378 g/mol. The number of rotatable bonds is 5. The normalized spacial score (nSPS) is 23.6. The summed E-state index contributed by atoms with van der Waals surface area (Å²) in [5.41, 5.74) is 7.22. The summed E-state index contributed by atoms with van der Waals surface area (Å²) in [6.45, 7) is 10.6. The average molecular weight is 379 g/mol. The van der Waals surface area contributed by atoms with Crippen LogP contribution in [0.3, 0.4) is 0 Å². The van der Waals surface area contributed by atoms with Crippen LogP contribution in [0.25, 0.3) is 0 Å². The molecule has 150 valence electrons. The Morgan fingerprint density at radius 1 is 1.04 bits per heavy atom. The lowest BCUT2D eigenvalue weighted by Crippen LogP contribution is -2.37. The Kier molecular flexibility index (Phi) is 6.46. The van der Waals surface area contributed by atoms with Crippen LogP contribution in [-0.2, 0) is 11.2 Å². The van der Waals surface area contributed by atoms with Crippen LogP contribution in [0.1, 0.15) is 52.6 Å². The summed E-state index contributed by atoms with van der Waals surface area (Å²) in [4.78, 5) is 2.52. The van der Waals surface area contributed by atoms with E-state index in [1.807, 2.05) is 0 Å². The maximum absolute atomic E-state index is 5.47. The summed E-state index contributed by atoms with van der Waals surface area (Å²) in [5, 5.41) is 3.79. The zero-order chi connectivity index (χ0) is 19.3. The Labute approximate surface area is 170 Å². The molecule has 0 radical (unpaired) electrons. The Morgan fingerprint density at radius 2 is 1.82 bits per heavy atom.